The number of hydrogen-bond donors (Lipinski definition) is 2. The minimum atomic E-state index is -4.33. The molecular weight excluding hydrogens is 189 g/mol. The number of halogens is 3. The molecule has 12 heavy (non-hydrogen) atoms. The molecule has 1 heterocycles. The van der Waals surface area contributed by atoms with Crippen LogP contribution in [0.5, 0.6) is 0 Å². The summed E-state index contributed by atoms with van der Waals surface area (Å²) in [4.78, 5) is 0.171. The monoisotopic (exact) mass is 196 g/mol. The molecule has 0 unspecified atom stereocenters. The fraction of sp³-hybridized carbons (Fsp3) is 0.333. The summed E-state index contributed by atoms with van der Waals surface area (Å²) in [5.74, 6) is 4.79. The highest BCUT2D eigenvalue weighted by Crippen LogP contribution is 2.33. The van der Waals surface area contributed by atoms with Gasteiger partial charge in [-0.25, -0.2) is 5.43 Å². The number of alkyl halides is 3. The lowest BCUT2D eigenvalue weighted by atomic mass is 10.2. The van der Waals surface area contributed by atoms with Gasteiger partial charge in [-0.3, -0.25) is 5.84 Å². The third kappa shape index (κ3) is 1.96. The van der Waals surface area contributed by atoms with Crippen LogP contribution in [0.4, 0.5) is 13.2 Å². The Bertz CT molecular complexity index is 231. The van der Waals surface area contributed by atoms with Gasteiger partial charge in [0.2, 0.25) is 0 Å². The van der Waals surface area contributed by atoms with E-state index < -0.39 is 12.2 Å². The van der Waals surface area contributed by atoms with Crippen LogP contribution >= 0.6 is 11.3 Å². The summed E-state index contributed by atoms with van der Waals surface area (Å²) in [5.41, 5.74) is 1.73. The largest absolute Gasteiger partial charge is 0.409 e. The summed E-state index contributed by atoms with van der Waals surface area (Å²) in [6, 6.07) is 1.19. The fourth-order valence-corrected chi connectivity index (χ4v) is 1.60. The van der Waals surface area contributed by atoms with Crippen molar-refractivity contribution in [3.05, 3.63) is 22.4 Å². The molecule has 0 aliphatic carbocycles. The van der Waals surface area contributed by atoms with Gasteiger partial charge in [-0.05, 0) is 11.4 Å². The molecule has 3 N–H and O–H groups in total. The van der Waals surface area contributed by atoms with Crippen molar-refractivity contribution >= 4 is 11.3 Å². The van der Waals surface area contributed by atoms with Gasteiger partial charge in [-0.2, -0.15) is 13.2 Å². The lowest BCUT2D eigenvalue weighted by molar-refractivity contribution is -0.157. The second kappa shape index (κ2) is 3.42. The molecule has 0 spiro atoms. The number of nitrogens with one attached hydrogen (secondary N) is 1. The van der Waals surface area contributed by atoms with E-state index in [9.17, 15) is 13.2 Å². The van der Waals surface area contributed by atoms with Crippen molar-refractivity contribution in [2.75, 3.05) is 0 Å². The van der Waals surface area contributed by atoms with E-state index in [-0.39, 0.29) is 4.88 Å². The zero-order valence-corrected chi connectivity index (χ0v) is 6.75. The van der Waals surface area contributed by atoms with Gasteiger partial charge in [0.05, 0.1) is 0 Å². The number of thiophene rings is 1. The number of hydrazine groups is 1. The first-order valence-corrected chi connectivity index (χ1v) is 4.00. The highest BCUT2D eigenvalue weighted by molar-refractivity contribution is 7.10. The SMILES string of the molecule is NN[C@H](c1cccs1)C(F)(F)F. The predicted molar refractivity (Wildman–Crippen MR) is 40.4 cm³/mol. The van der Waals surface area contributed by atoms with E-state index >= 15 is 0 Å². The van der Waals surface area contributed by atoms with Crippen LogP contribution in [0.25, 0.3) is 0 Å². The van der Waals surface area contributed by atoms with Crippen LogP contribution in [0.15, 0.2) is 17.5 Å². The van der Waals surface area contributed by atoms with Gasteiger partial charge in [0.25, 0.3) is 0 Å². The summed E-state index contributed by atoms with van der Waals surface area (Å²) >= 11 is 1.02. The average molecular weight is 196 g/mol. The van der Waals surface area contributed by atoms with Gasteiger partial charge >= 0.3 is 6.18 Å². The van der Waals surface area contributed by atoms with Crippen molar-refractivity contribution in [2.24, 2.45) is 5.84 Å². The first-order valence-electron chi connectivity index (χ1n) is 3.12. The van der Waals surface area contributed by atoms with Crippen LogP contribution in [0.3, 0.4) is 0 Å². The Hall–Kier alpha value is -0.590. The van der Waals surface area contributed by atoms with E-state index in [1.54, 1.807) is 16.9 Å². The van der Waals surface area contributed by atoms with Crippen LogP contribution in [0, 0.1) is 0 Å². The van der Waals surface area contributed by atoms with Gasteiger partial charge in [-0.15, -0.1) is 11.3 Å². The molecule has 1 atom stereocenters. The fourth-order valence-electron chi connectivity index (χ4n) is 0.793. The van der Waals surface area contributed by atoms with E-state index in [4.69, 9.17) is 5.84 Å². The van der Waals surface area contributed by atoms with Crippen molar-refractivity contribution in [2.45, 2.75) is 12.2 Å². The molecule has 0 radical (unpaired) electrons. The van der Waals surface area contributed by atoms with E-state index in [2.05, 4.69) is 0 Å². The molecule has 0 saturated carbocycles. The minimum absolute atomic E-state index is 0.171. The quantitative estimate of drug-likeness (QED) is 0.559. The molecule has 0 aliphatic rings. The maximum atomic E-state index is 12.1. The summed E-state index contributed by atoms with van der Waals surface area (Å²) < 4.78 is 36.4. The number of nitrogens with two attached hydrogens (primary N) is 1. The van der Waals surface area contributed by atoms with Crippen LogP contribution < -0.4 is 11.3 Å². The molecule has 0 aliphatic heterocycles. The lowest BCUT2D eigenvalue weighted by Gasteiger charge is -2.17. The van der Waals surface area contributed by atoms with Crippen molar-refractivity contribution in [1.29, 1.82) is 0 Å². The Morgan fingerprint density at radius 1 is 1.50 bits per heavy atom. The first kappa shape index (κ1) is 9.50. The topological polar surface area (TPSA) is 38.0 Å². The zero-order chi connectivity index (χ0) is 9.19. The molecule has 0 saturated heterocycles. The van der Waals surface area contributed by atoms with E-state index in [0.717, 1.165) is 11.3 Å². The zero-order valence-electron chi connectivity index (χ0n) is 5.93. The third-order valence-electron chi connectivity index (χ3n) is 1.32. The summed E-state index contributed by atoms with van der Waals surface area (Å²) in [6.07, 6.45) is -4.33. The van der Waals surface area contributed by atoms with Gasteiger partial charge in [0.1, 0.15) is 0 Å². The molecule has 6 heteroatoms. The molecule has 0 aromatic carbocycles. The van der Waals surface area contributed by atoms with Crippen LogP contribution in [-0.2, 0) is 0 Å². The lowest BCUT2D eigenvalue weighted by Crippen LogP contribution is -2.37. The molecule has 1 rings (SSSR count). The van der Waals surface area contributed by atoms with Crippen molar-refractivity contribution < 1.29 is 13.2 Å². The number of hydrogen-bond acceptors (Lipinski definition) is 3. The van der Waals surface area contributed by atoms with Crippen molar-refractivity contribution in [1.82, 2.24) is 5.43 Å². The summed E-state index contributed by atoms with van der Waals surface area (Å²) in [7, 11) is 0. The second-order valence-corrected chi connectivity index (χ2v) is 3.14. The maximum absolute atomic E-state index is 12.1. The van der Waals surface area contributed by atoms with Crippen molar-refractivity contribution in [3.63, 3.8) is 0 Å². The molecular formula is C6H7F3N2S. The minimum Gasteiger partial charge on any atom is -0.271 e. The summed E-state index contributed by atoms with van der Waals surface area (Å²) in [6.45, 7) is 0. The van der Waals surface area contributed by atoms with Crippen LogP contribution in [0.1, 0.15) is 10.9 Å². The normalized spacial score (nSPS) is 14.7. The Morgan fingerprint density at radius 2 is 2.17 bits per heavy atom. The Kier molecular flexibility index (Phi) is 2.71. The third-order valence-corrected chi connectivity index (χ3v) is 2.26. The van der Waals surface area contributed by atoms with Crippen molar-refractivity contribution in [3.8, 4) is 0 Å². The molecule has 1 aromatic rings. The number of rotatable bonds is 2. The van der Waals surface area contributed by atoms with Gasteiger partial charge in [0.15, 0.2) is 6.04 Å². The molecule has 0 fully saturated rings. The Morgan fingerprint density at radius 3 is 2.50 bits per heavy atom. The highest BCUT2D eigenvalue weighted by Gasteiger charge is 2.40. The molecule has 0 amide bonds. The highest BCUT2D eigenvalue weighted by atomic mass is 32.1. The molecule has 2 nitrogen and oxygen atoms in total. The molecule has 68 valence electrons. The predicted octanol–water partition coefficient (Wildman–Crippen LogP) is 1.81. The van der Waals surface area contributed by atoms with E-state index in [1.165, 1.54) is 6.07 Å². The van der Waals surface area contributed by atoms with Gasteiger partial charge in [0, 0.05) is 4.88 Å². The van der Waals surface area contributed by atoms with E-state index in [1.807, 2.05) is 0 Å². The van der Waals surface area contributed by atoms with Crippen LogP contribution in [-0.4, -0.2) is 6.18 Å². The Balaban J connectivity index is 2.84. The molecule has 0 bridgehead atoms. The standard InChI is InChI=1S/C6H7F3N2S/c7-6(8,9)5(11-10)4-2-1-3-12-4/h1-3,5,11H,10H2/t5-/m1/s1. The average Bonchev–Trinajstić information content (AvgIpc) is 2.38. The van der Waals surface area contributed by atoms with Crippen LogP contribution in [0.2, 0.25) is 0 Å². The van der Waals surface area contributed by atoms with Gasteiger partial charge < -0.3 is 0 Å². The smallest absolute Gasteiger partial charge is 0.271 e. The Labute approximate surface area is 71.2 Å². The second-order valence-electron chi connectivity index (χ2n) is 2.16. The van der Waals surface area contributed by atoms with Gasteiger partial charge in [-0.1, -0.05) is 6.07 Å². The summed E-state index contributed by atoms with van der Waals surface area (Å²) in [5, 5.41) is 1.57. The first-order chi connectivity index (χ1) is 5.55. The van der Waals surface area contributed by atoms with E-state index in [0.29, 0.717) is 0 Å². The molecule has 1 aromatic heterocycles. The maximum Gasteiger partial charge on any atom is 0.409 e.